The second kappa shape index (κ2) is 5.06. The lowest BCUT2D eigenvalue weighted by Crippen LogP contribution is -2.42. The van der Waals surface area contributed by atoms with E-state index in [1.807, 2.05) is 0 Å². The van der Waals surface area contributed by atoms with E-state index in [9.17, 15) is 14.0 Å². The Hall–Kier alpha value is -2.43. The molecule has 0 radical (unpaired) electrons. The van der Waals surface area contributed by atoms with E-state index in [2.05, 4.69) is 5.32 Å². The van der Waals surface area contributed by atoms with Crippen molar-refractivity contribution in [2.75, 3.05) is 0 Å². The van der Waals surface area contributed by atoms with E-state index in [0.29, 0.717) is 16.3 Å². The summed E-state index contributed by atoms with van der Waals surface area (Å²) in [5, 5.41) is 3.33. The summed E-state index contributed by atoms with van der Waals surface area (Å²) < 4.78 is 13.6. The first-order chi connectivity index (χ1) is 9.00. The zero-order chi connectivity index (χ0) is 14.0. The summed E-state index contributed by atoms with van der Waals surface area (Å²) in [5.41, 5.74) is 5.40. The first kappa shape index (κ1) is 13.0. The second-order valence-electron chi connectivity index (χ2n) is 4.24. The van der Waals surface area contributed by atoms with Gasteiger partial charge in [0.1, 0.15) is 11.9 Å². The van der Waals surface area contributed by atoms with Crippen LogP contribution in [0.4, 0.5) is 4.39 Å². The van der Waals surface area contributed by atoms with Crippen LogP contribution in [0.2, 0.25) is 0 Å². The molecule has 3 N–H and O–H groups in total. The lowest BCUT2D eigenvalue weighted by Gasteiger charge is -2.12. The van der Waals surface area contributed by atoms with Gasteiger partial charge in [-0.2, -0.15) is 0 Å². The van der Waals surface area contributed by atoms with Gasteiger partial charge in [-0.15, -0.1) is 0 Å². The Morgan fingerprint density at radius 2 is 1.79 bits per heavy atom. The van der Waals surface area contributed by atoms with Crippen LogP contribution in [0.1, 0.15) is 17.3 Å². The van der Waals surface area contributed by atoms with Gasteiger partial charge in [-0.3, -0.25) is 9.59 Å². The predicted octanol–water partition coefficient (Wildman–Crippen LogP) is 1.58. The van der Waals surface area contributed by atoms with E-state index >= 15 is 0 Å². The quantitative estimate of drug-likeness (QED) is 0.879. The van der Waals surface area contributed by atoms with Crippen LogP contribution in [-0.4, -0.2) is 17.9 Å². The van der Waals surface area contributed by atoms with Gasteiger partial charge in [0.25, 0.3) is 5.91 Å². The molecule has 0 aromatic heterocycles. The summed E-state index contributed by atoms with van der Waals surface area (Å²) >= 11 is 0. The van der Waals surface area contributed by atoms with Gasteiger partial charge in [0, 0.05) is 10.9 Å². The molecule has 0 saturated carbocycles. The standard InChI is InChI=1S/C14H13FN2O2/c1-8(13(16)18)17-14(19)11-6-7-12(15)10-5-3-2-4-9(10)11/h2-8H,1H3,(H2,16,18)(H,17,19). The number of carbonyl (C=O) groups excluding carboxylic acids is 2. The number of nitrogens with one attached hydrogen (secondary N) is 1. The van der Waals surface area contributed by atoms with Crippen molar-refractivity contribution in [3.63, 3.8) is 0 Å². The number of amides is 2. The van der Waals surface area contributed by atoms with E-state index in [1.165, 1.54) is 19.1 Å². The predicted molar refractivity (Wildman–Crippen MR) is 70.0 cm³/mol. The summed E-state index contributed by atoms with van der Waals surface area (Å²) in [4.78, 5) is 23.0. The molecule has 2 aromatic rings. The Morgan fingerprint density at radius 1 is 1.16 bits per heavy atom. The first-order valence-corrected chi connectivity index (χ1v) is 5.78. The van der Waals surface area contributed by atoms with Gasteiger partial charge in [0.05, 0.1) is 0 Å². The third kappa shape index (κ3) is 2.54. The summed E-state index contributed by atoms with van der Waals surface area (Å²) in [6.45, 7) is 1.49. The molecule has 0 aliphatic heterocycles. The molecular formula is C14H13FN2O2. The van der Waals surface area contributed by atoms with Crippen molar-refractivity contribution in [2.24, 2.45) is 5.73 Å². The first-order valence-electron chi connectivity index (χ1n) is 5.78. The van der Waals surface area contributed by atoms with Gasteiger partial charge in [-0.25, -0.2) is 4.39 Å². The van der Waals surface area contributed by atoms with Gasteiger partial charge in [0.15, 0.2) is 0 Å². The average Bonchev–Trinajstić information content (AvgIpc) is 2.39. The number of hydrogen-bond donors (Lipinski definition) is 2. The third-order valence-electron chi connectivity index (χ3n) is 2.89. The summed E-state index contributed by atoms with van der Waals surface area (Å²) in [5.74, 6) is -1.47. The number of rotatable bonds is 3. The maximum Gasteiger partial charge on any atom is 0.252 e. The van der Waals surface area contributed by atoms with E-state index in [-0.39, 0.29) is 0 Å². The van der Waals surface area contributed by atoms with Crippen molar-refractivity contribution in [3.05, 3.63) is 47.8 Å². The molecular weight excluding hydrogens is 247 g/mol. The highest BCUT2D eigenvalue weighted by Gasteiger charge is 2.16. The van der Waals surface area contributed by atoms with E-state index in [1.54, 1.807) is 24.3 Å². The lowest BCUT2D eigenvalue weighted by atomic mass is 10.0. The molecule has 5 heteroatoms. The minimum atomic E-state index is -0.781. The van der Waals surface area contributed by atoms with Crippen molar-refractivity contribution in [1.82, 2.24) is 5.32 Å². The number of carbonyl (C=O) groups is 2. The van der Waals surface area contributed by atoms with Gasteiger partial charge in [-0.05, 0) is 24.4 Å². The van der Waals surface area contributed by atoms with Crippen molar-refractivity contribution in [1.29, 1.82) is 0 Å². The highest BCUT2D eigenvalue weighted by molar-refractivity contribution is 6.08. The Labute approximate surface area is 109 Å². The van der Waals surface area contributed by atoms with Crippen LogP contribution in [0, 0.1) is 5.82 Å². The van der Waals surface area contributed by atoms with Crippen LogP contribution < -0.4 is 11.1 Å². The van der Waals surface area contributed by atoms with E-state index in [4.69, 9.17) is 5.73 Å². The fourth-order valence-corrected chi connectivity index (χ4v) is 1.81. The van der Waals surface area contributed by atoms with Crippen LogP contribution in [0.25, 0.3) is 10.8 Å². The number of halogens is 1. The molecule has 4 nitrogen and oxygen atoms in total. The minimum Gasteiger partial charge on any atom is -0.368 e. The molecule has 1 atom stereocenters. The number of nitrogens with two attached hydrogens (primary N) is 1. The molecule has 0 saturated heterocycles. The monoisotopic (exact) mass is 260 g/mol. The highest BCUT2D eigenvalue weighted by atomic mass is 19.1. The highest BCUT2D eigenvalue weighted by Crippen LogP contribution is 2.21. The Bertz CT molecular complexity index is 655. The molecule has 19 heavy (non-hydrogen) atoms. The topological polar surface area (TPSA) is 72.2 Å². The Morgan fingerprint density at radius 3 is 2.42 bits per heavy atom. The average molecular weight is 260 g/mol. The van der Waals surface area contributed by atoms with Crippen LogP contribution in [-0.2, 0) is 4.79 Å². The Kier molecular flexibility index (Phi) is 3.46. The molecule has 2 rings (SSSR count). The zero-order valence-corrected chi connectivity index (χ0v) is 10.3. The summed E-state index contributed by atoms with van der Waals surface area (Å²) in [6.07, 6.45) is 0. The SMILES string of the molecule is CC(NC(=O)c1ccc(F)c2ccccc12)C(N)=O. The Balaban J connectivity index is 2.43. The van der Waals surface area contributed by atoms with Crippen LogP contribution in [0.5, 0.6) is 0 Å². The number of benzene rings is 2. The molecule has 2 aromatic carbocycles. The third-order valence-corrected chi connectivity index (χ3v) is 2.89. The molecule has 0 aliphatic rings. The van der Waals surface area contributed by atoms with Crippen LogP contribution in [0.15, 0.2) is 36.4 Å². The summed E-state index contributed by atoms with van der Waals surface area (Å²) in [7, 11) is 0. The number of fused-ring (bicyclic) bond motifs is 1. The number of hydrogen-bond acceptors (Lipinski definition) is 2. The molecule has 0 heterocycles. The van der Waals surface area contributed by atoms with E-state index in [0.717, 1.165) is 0 Å². The van der Waals surface area contributed by atoms with Crippen LogP contribution in [0.3, 0.4) is 0 Å². The van der Waals surface area contributed by atoms with Gasteiger partial charge in [-0.1, -0.05) is 24.3 Å². The van der Waals surface area contributed by atoms with Gasteiger partial charge in [0.2, 0.25) is 5.91 Å². The number of primary amides is 1. The zero-order valence-electron chi connectivity index (χ0n) is 10.3. The fraction of sp³-hybridized carbons (Fsp3) is 0.143. The fourth-order valence-electron chi connectivity index (χ4n) is 1.81. The molecule has 0 bridgehead atoms. The van der Waals surface area contributed by atoms with Crippen LogP contribution >= 0.6 is 0 Å². The smallest absolute Gasteiger partial charge is 0.252 e. The normalized spacial score (nSPS) is 12.1. The second-order valence-corrected chi connectivity index (χ2v) is 4.24. The van der Waals surface area contributed by atoms with Crippen molar-refractivity contribution >= 4 is 22.6 Å². The lowest BCUT2D eigenvalue weighted by molar-refractivity contribution is -0.119. The molecule has 0 aliphatic carbocycles. The minimum absolute atomic E-state index is 0.310. The van der Waals surface area contributed by atoms with Gasteiger partial charge < -0.3 is 11.1 Å². The maximum atomic E-state index is 13.6. The largest absolute Gasteiger partial charge is 0.368 e. The molecule has 1 unspecified atom stereocenters. The van der Waals surface area contributed by atoms with Crippen molar-refractivity contribution in [3.8, 4) is 0 Å². The van der Waals surface area contributed by atoms with Crippen molar-refractivity contribution < 1.29 is 14.0 Å². The molecule has 0 spiro atoms. The van der Waals surface area contributed by atoms with E-state index < -0.39 is 23.7 Å². The summed E-state index contributed by atoms with van der Waals surface area (Å²) in [6, 6.07) is 8.50. The molecule has 2 amide bonds. The van der Waals surface area contributed by atoms with Gasteiger partial charge >= 0.3 is 0 Å². The van der Waals surface area contributed by atoms with Crippen molar-refractivity contribution in [2.45, 2.75) is 13.0 Å². The molecule has 98 valence electrons. The maximum absolute atomic E-state index is 13.6. The molecule has 0 fully saturated rings.